The van der Waals surface area contributed by atoms with Gasteiger partial charge < -0.3 is 4.98 Å². The van der Waals surface area contributed by atoms with Crippen LogP contribution in [-0.2, 0) is 6.42 Å². The molecule has 3 nitrogen and oxygen atoms in total. The number of benzene rings is 1. The van der Waals surface area contributed by atoms with Crippen molar-refractivity contribution in [2.75, 3.05) is 0 Å². The predicted molar refractivity (Wildman–Crippen MR) is 81.3 cm³/mol. The lowest BCUT2D eigenvalue weighted by atomic mass is 10.1. The third kappa shape index (κ3) is 3.32. The summed E-state index contributed by atoms with van der Waals surface area (Å²) < 4.78 is 0.539. The van der Waals surface area contributed by atoms with E-state index in [4.69, 9.17) is 0 Å². The third-order valence-electron chi connectivity index (χ3n) is 2.82. The van der Waals surface area contributed by atoms with Crippen molar-refractivity contribution in [2.24, 2.45) is 5.92 Å². The first kappa shape index (κ1) is 14.0. The van der Waals surface area contributed by atoms with Crippen molar-refractivity contribution in [3.63, 3.8) is 0 Å². The van der Waals surface area contributed by atoms with Gasteiger partial charge in [-0.1, -0.05) is 37.6 Å². The van der Waals surface area contributed by atoms with Crippen molar-refractivity contribution < 1.29 is 0 Å². The molecular formula is C15H17BrN2O. The number of hydrogen-bond donors (Lipinski definition) is 1. The minimum Gasteiger partial charge on any atom is -0.306 e. The lowest BCUT2D eigenvalue weighted by Gasteiger charge is -2.09. The zero-order valence-corrected chi connectivity index (χ0v) is 12.9. The summed E-state index contributed by atoms with van der Waals surface area (Å²) in [7, 11) is 0. The number of halogens is 1. The second-order valence-electron chi connectivity index (χ2n) is 5.14. The molecule has 1 heterocycles. The number of hydrogen-bond acceptors (Lipinski definition) is 2. The second-order valence-corrected chi connectivity index (χ2v) is 5.94. The highest BCUT2D eigenvalue weighted by molar-refractivity contribution is 9.10. The summed E-state index contributed by atoms with van der Waals surface area (Å²) in [5, 5.41) is 0. The molecule has 1 N–H and O–H groups in total. The van der Waals surface area contributed by atoms with Gasteiger partial charge in [-0.15, -0.1) is 0 Å². The van der Waals surface area contributed by atoms with E-state index in [9.17, 15) is 4.79 Å². The van der Waals surface area contributed by atoms with E-state index < -0.39 is 0 Å². The van der Waals surface area contributed by atoms with Crippen molar-refractivity contribution in [1.82, 2.24) is 9.97 Å². The molecule has 100 valence electrons. The van der Waals surface area contributed by atoms with Crippen LogP contribution in [0.15, 0.2) is 33.5 Å². The largest absolute Gasteiger partial charge is 0.306 e. The molecule has 0 amide bonds. The Bertz CT molecular complexity index is 647. The summed E-state index contributed by atoms with van der Waals surface area (Å²) in [5.41, 5.74) is 2.78. The van der Waals surface area contributed by atoms with Gasteiger partial charge >= 0.3 is 0 Å². The Hall–Kier alpha value is -1.42. The smallest absolute Gasteiger partial charge is 0.265 e. The summed E-state index contributed by atoms with van der Waals surface area (Å²) in [5.74, 6) is 1.09. The molecule has 0 aliphatic rings. The number of nitrogens with one attached hydrogen (secondary N) is 1. The lowest BCUT2D eigenvalue weighted by Crippen LogP contribution is -2.15. The van der Waals surface area contributed by atoms with E-state index in [0.717, 1.165) is 23.2 Å². The van der Waals surface area contributed by atoms with E-state index in [1.54, 1.807) is 0 Å². The van der Waals surface area contributed by atoms with Crippen LogP contribution in [0.5, 0.6) is 0 Å². The van der Waals surface area contributed by atoms with E-state index in [1.807, 2.05) is 31.2 Å². The maximum atomic E-state index is 12.0. The van der Waals surface area contributed by atoms with Gasteiger partial charge in [0.1, 0.15) is 10.3 Å². The van der Waals surface area contributed by atoms with Gasteiger partial charge in [0.2, 0.25) is 0 Å². The fraction of sp³-hybridized carbons (Fsp3) is 0.333. The molecule has 2 aromatic rings. The van der Waals surface area contributed by atoms with Crippen LogP contribution < -0.4 is 5.56 Å². The molecule has 0 saturated heterocycles. The number of nitrogens with zero attached hydrogens (tertiary/aromatic N) is 1. The van der Waals surface area contributed by atoms with Gasteiger partial charge in [0.15, 0.2) is 0 Å². The Labute approximate surface area is 121 Å². The van der Waals surface area contributed by atoms with Crippen molar-refractivity contribution >= 4 is 15.9 Å². The fourth-order valence-corrected chi connectivity index (χ4v) is 2.31. The molecule has 0 unspecified atom stereocenters. The maximum Gasteiger partial charge on any atom is 0.265 e. The van der Waals surface area contributed by atoms with Crippen molar-refractivity contribution in [3.8, 4) is 11.4 Å². The maximum absolute atomic E-state index is 12.0. The van der Waals surface area contributed by atoms with Crippen LogP contribution >= 0.6 is 15.9 Å². The van der Waals surface area contributed by atoms with Crippen LogP contribution in [0.1, 0.15) is 25.1 Å². The summed E-state index contributed by atoms with van der Waals surface area (Å²) >= 11 is 3.32. The molecule has 1 aromatic carbocycles. The van der Waals surface area contributed by atoms with E-state index in [0.29, 0.717) is 16.2 Å². The number of rotatable bonds is 3. The van der Waals surface area contributed by atoms with Crippen molar-refractivity contribution in [3.05, 3.63) is 50.3 Å². The molecule has 0 bridgehead atoms. The molecule has 0 radical (unpaired) electrons. The molecule has 0 spiro atoms. The number of aryl methyl sites for hydroxylation is 1. The normalized spacial score (nSPS) is 11.0. The summed E-state index contributed by atoms with van der Waals surface area (Å²) in [6, 6.07) is 7.97. The standard InChI is InChI=1S/C15H17BrN2O/c1-9(2)7-12-13(16)15(19)18-14(17-12)11-6-4-5-10(3)8-11/h4-6,8-9H,7H2,1-3H3,(H,17,18,19). The molecule has 2 rings (SSSR count). The predicted octanol–water partition coefficient (Wildman–Crippen LogP) is 3.71. The van der Waals surface area contributed by atoms with Gasteiger partial charge in [-0.25, -0.2) is 4.98 Å². The van der Waals surface area contributed by atoms with Crippen LogP contribution in [0.4, 0.5) is 0 Å². The molecule has 0 saturated carbocycles. The molecule has 0 aliphatic carbocycles. The van der Waals surface area contributed by atoms with Crippen LogP contribution in [0.3, 0.4) is 0 Å². The van der Waals surface area contributed by atoms with Gasteiger partial charge in [0.05, 0.1) is 5.69 Å². The number of H-pyrrole nitrogens is 1. The Morgan fingerprint density at radius 1 is 1.37 bits per heavy atom. The van der Waals surface area contributed by atoms with Crippen molar-refractivity contribution in [2.45, 2.75) is 27.2 Å². The first-order valence-electron chi connectivity index (χ1n) is 6.33. The first-order chi connectivity index (χ1) is 8.97. The van der Waals surface area contributed by atoms with Gasteiger partial charge in [-0.05, 0) is 41.3 Å². The first-order valence-corrected chi connectivity index (χ1v) is 7.12. The fourth-order valence-electron chi connectivity index (χ4n) is 1.96. The highest BCUT2D eigenvalue weighted by Gasteiger charge is 2.11. The molecular weight excluding hydrogens is 304 g/mol. The van der Waals surface area contributed by atoms with E-state index in [-0.39, 0.29) is 5.56 Å². The van der Waals surface area contributed by atoms with Crippen LogP contribution in [0.25, 0.3) is 11.4 Å². The van der Waals surface area contributed by atoms with E-state index >= 15 is 0 Å². The third-order valence-corrected chi connectivity index (χ3v) is 3.64. The quantitative estimate of drug-likeness (QED) is 0.937. The summed E-state index contributed by atoms with van der Waals surface area (Å²) in [4.78, 5) is 19.4. The summed E-state index contributed by atoms with van der Waals surface area (Å²) in [6.07, 6.45) is 0.781. The van der Waals surface area contributed by atoms with Crippen LogP contribution in [0, 0.1) is 12.8 Å². The second kappa shape index (κ2) is 5.70. The Balaban J connectivity index is 2.53. The zero-order valence-electron chi connectivity index (χ0n) is 11.3. The monoisotopic (exact) mass is 320 g/mol. The molecule has 0 aliphatic heterocycles. The molecule has 19 heavy (non-hydrogen) atoms. The average molecular weight is 321 g/mol. The van der Waals surface area contributed by atoms with Gasteiger partial charge in [-0.2, -0.15) is 0 Å². The minimum absolute atomic E-state index is 0.123. The van der Waals surface area contributed by atoms with Gasteiger partial charge in [0.25, 0.3) is 5.56 Å². The van der Waals surface area contributed by atoms with Crippen molar-refractivity contribution in [1.29, 1.82) is 0 Å². The zero-order chi connectivity index (χ0) is 14.0. The van der Waals surface area contributed by atoms with E-state index in [2.05, 4.69) is 39.7 Å². The molecule has 0 atom stereocenters. The van der Waals surface area contributed by atoms with Crippen LogP contribution in [-0.4, -0.2) is 9.97 Å². The van der Waals surface area contributed by atoms with Gasteiger partial charge in [0, 0.05) is 5.56 Å². The van der Waals surface area contributed by atoms with Crippen LogP contribution in [0.2, 0.25) is 0 Å². The highest BCUT2D eigenvalue weighted by atomic mass is 79.9. The molecule has 1 aromatic heterocycles. The topological polar surface area (TPSA) is 45.8 Å². The molecule has 4 heteroatoms. The number of aromatic nitrogens is 2. The van der Waals surface area contributed by atoms with E-state index in [1.165, 1.54) is 0 Å². The highest BCUT2D eigenvalue weighted by Crippen LogP contribution is 2.19. The summed E-state index contributed by atoms with van der Waals surface area (Å²) in [6.45, 7) is 6.25. The number of aromatic amines is 1. The van der Waals surface area contributed by atoms with Gasteiger partial charge in [-0.3, -0.25) is 4.79 Å². The Kier molecular flexibility index (Phi) is 4.20. The Morgan fingerprint density at radius 2 is 2.11 bits per heavy atom. The average Bonchev–Trinajstić information content (AvgIpc) is 2.34. The Morgan fingerprint density at radius 3 is 2.74 bits per heavy atom. The minimum atomic E-state index is -0.123. The SMILES string of the molecule is Cc1cccc(-c2nc(CC(C)C)c(Br)c(=O)[nH]2)c1. The lowest BCUT2D eigenvalue weighted by molar-refractivity contribution is 0.631. The molecule has 0 fully saturated rings.